The smallest absolute Gasteiger partial charge is 0.243 e. The fourth-order valence-corrected chi connectivity index (χ4v) is 4.55. The molecule has 1 N–H and O–H groups in total. The van der Waals surface area contributed by atoms with Crippen molar-refractivity contribution in [2.75, 3.05) is 13.2 Å². The lowest BCUT2D eigenvalue weighted by Gasteiger charge is -2.32. The molecule has 1 aliphatic rings. The predicted molar refractivity (Wildman–Crippen MR) is 150 cm³/mol. The van der Waals surface area contributed by atoms with Crippen LogP contribution in [0.15, 0.2) is 72.8 Å². The summed E-state index contributed by atoms with van der Waals surface area (Å²) in [6.45, 7) is 5.36. The van der Waals surface area contributed by atoms with Gasteiger partial charge < -0.3 is 19.7 Å². The average Bonchev–Trinajstić information content (AvgIpc) is 2.94. The van der Waals surface area contributed by atoms with Crippen molar-refractivity contribution in [2.45, 2.75) is 58.2 Å². The van der Waals surface area contributed by atoms with E-state index in [9.17, 15) is 9.59 Å². The number of carbonyl (C=O) groups is 2. The molecule has 2 atom stereocenters. The molecule has 2 unspecified atom stereocenters. The lowest BCUT2D eigenvalue weighted by molar-refractivity contribution is -0.141. The Labute approximate surface area is 229 Å². The zero-order valence-electron chi connectivity index (χ0n) is 22.0. The Balaban J connectivity index is 1.59. The maximum atomic E-state index is 13.8. The zero-order valence-corrected chi connectivity index (χ0v) is 22.7. The normalized spacial score (nSPS) is 13.9. The summed E-state index contributed by atoms with van der Waals surface area (Å²) in [7, 11) is 0. The van der Waals surface area contributed by atoms with E-state index in [1.165, 1.54) is 0 Å². The quantitative estimate of drug-likeness (QED) is 0.348. The third kappa shape index (κ3) is 7.51. The Hall–Kier alpha value is -3.51. The summed E-state index contributed by atoms with van der Waals surface area (Å²) < 4.78 is 11.3. The number of ether oxygens (including phenoxy) is 2. The minimum Gasteiger partial charge on any atom is -0.486 e. The van der Waals surface area contributed by atoms with Gasteiger partial charge in [-0.25, -0.2) is 0 Å². The molecule has 0 aromatic heterocycles. The van der Waals surface area contributed by atoms with Crippen molar-refractivity contribution >= 4 is 23.4 Å². The van der Waals surface area contributed by atoms with Crippen molar-refractivity contribution in [3.05, 3.63) is 94.5 Å². The molecule has 7 heteroatoms. The molecule has 1 heterocycles. The maximum absolute atomic E-state index is 13.8. The SMILES string of the molecule is CCC(C)NC(=O)C(Cc1ccccc1)N(Cc1ccc(Cl)cc1)C(=O)CCc1ccc2c(c1)OCCO2. The van der Waals surface area contributed by atoms with Gasteiger partial charge in [0.15, 0.2) is 11.5 Å². The summed E-state index contributed by atoms with van der Waals surface area (Å²) >= 11 is 6.11. The van der Waals surface area contributed by atoms with E-state index >= 15 is 0 Å². The van der Waals surface area contributed by atoms with E-state index in [0.29, 0.717) is 43.4 Å². The van der Waals surface area contributed by atoms with Crippen molar-refractivity contribution in [1.82, 2.24) is 10.2 Å². The highest BCUT2D eigenvalue weighted by Crippen LogP contribution is 2.31. The van der Waals surface area contributed by atoms with Crippen molar-refractivity contribution in [3.63, 3.8) is 0 Å². The van der Waals surface area contributed by atoms with E-state index in [0.717, 1.165) is 28.9 Å². The summed E-state index contributed by atoms with van der Waals surface area (Å²) in [5.74, 6) is 1.19. The van der Waals surface area contributed by atoms with Crippen LogP contribution in [-0.4, -0.2) is 42.0 Å². The van der Waals surface area contributed by atoms with Crippen LogP contribution in [0.4, 0.5) is 0 Å². The van der Waals surface area contributed by atoms with Gasteiger partial charge in [-0.05, 0) is 60.7 Å². The van der Waals surface area contributed by atoms with Crippen LogP contribution >= 0.6 is 11.6 Å². The lowest BCUT2D eigenvalue weighted by atomic mass is 10.0. The van der Waals surface area contributed by atoms with E-state index in [1.807, 2.05) is 74.5 Å². The van der Waals surface area contributed by atoms with Crippen LogP contribution in [0.5, 0.6) is 11.5 Å². The Morgan fingerprint density at radius 2 is 1.61 bits per heavy atom. The van der Waals surface area contributed by atoms with E-state index in [4.69, 9.17) is 21.1 Å². The molecule has 0 saturated heterocycles. The number of amides is 2. The number of benzene rings is 3. The molecule has 0 aliphatic carbocycles. The maximum Gasteiger partial charge on any atom is 0.243 e. The molecule has 3 aromatic rings. The summed E-state index contributed by atoms with van der Waals surface area (Å²) in [4.78, 5) is 29.1. The molecule has 200 valence electrons. The van der Waals surface area contributed by atoms with E-state index < -0.39 is 6.04 Å². The van der Waals surface area contributed by atoms with Gasteiger partial charge in [0, 0.05) is 30.5 Å². The van der Waals surface area contributed by atoms with Crippen molar-refractivity contribution in [3.8, 4) is 11.5 Å². The Morgan fingerprint density at radius 1 is 0.921 bits per heavy atom. The molecule has 38 heavy (non-hydrogen) atoms. The van der Waals surface area contributed by atoms with Crippen LogP contribution < -0.4 is 14.8 Å². The van der Waals surface area contributed by atoms with Crippen molar-refractivity contribution in [1.29, 1.82) is 0 Å². The minimum absolute atomic E-state index is 0.00553. The van der Waals surface area contributed by atoms with Crippen LogP contribution in [0.2, 0.25) is 5.02 Å². The lowest BCUT2D eigenvalue weighted by Crippen LogP contribution is -2.52. The fourth-order valence-electron chi connectivity index (χ4n) is 4.42. The van der Waals surface area contributed by atoms with Gasteiger partial charge >= 0.3 is 0 Å². The first kappa shape index (κ1) is 27.5. The number of hydrogen-bond donors (Lipinski definition) is 1. The fraction of sp³-hybridized carbons (Fsp3) is 0.355. The number of aryl methyl sites for hydroxylation is 1. The molecule has 4 rings (SSSR count). The standard InChI is InChI=1S/C31H35ClN2O4/c1-3-22(2)33-31(36)27(19-23-7-5-4-6-8-23)34(21-25-9-13-26(32)14-10-25)30(35)16-12-24-11-15-28-29(20-24)38-18-17-37-28/h4-11,13-15,20,22,27H,3,12,16-19,21H2,1-2H3,(H,33,36). The Kier molecular flexibility index (Phi) is 9.66. The van der Waals surface area contributed by atoms with Gasteiger partial charge in [-0.2, -0.15) is 0 Å². The molecule has 2 amide bonds. The van der Waals surface area contributed by atoms with Crippen molar-refractivity contribution in [2.24, 2.45) is 0 Å². The number of carbonyl (C=O) groups excluding carboxylic acids is 2. The third-order valence-electron chi connectivity index (χ3n) is 6.77. The molecule has 0 spiro atoms. The highest BCUT2D eigenvalue weighted by molar-refractivity contribution is 6.30. The molecule has 3 aromatic carbocycles. The largest absolute Gasteiger partial charge is 0.486 e. The van der Waals surface area contributed by atoms with Gasteiger partial charge in [-0.15, -0.1) is 0 Å². The predicted octanol–water partition coefficient (Wildman–Crippen LogP) is 5.60. The van der Waals surface area contributed by atoms with E-state index in [1.54, 1.807) is 17.0 Å². The van der Waals surface area contributed by atoms with Gasteiger partial charge in [0.25, 0.3) is 0 Å². The molecule has 0 saturated carbocycles. The summed E-state index contributed by atoms with van der Waals surface area (Å²) in [6, 6.07) is 22.4. The molecule has 0 radical (unpaired) electrons. The number of nitrogens with one attached hydrogen (secondary N) is 1. The molecular formula is C31H35ClN2O4. The van der Waals surface area contributed by atoms with Crippen LogP contribution in [0, 0.1) is 0 Å². The summed E-state index contributed by atoms with van der Waals surface area (Å²) in [5.41, 5.74) is 2.90. The monoisotopic (exact) mass is 534 g/mol. The van der Waals surface area contributed by atoms with Crippen LogP contribution in [-0.2, 0) is 29.0 Å². The molecule has 0 fully saturated rings. The average molecular weight is 535 g/mol. The highest BCUT2D eigenvalue weighted by Gasteiger charge is 2.31. The first-order chi connectivity index (χ1) is 18.4. The van der Waals surface area contributed by atoms with Gasteiger partial charge in [0.2, 0.25) is 11.8 Å². The Bertz CT molecular complexity index is 1220. The van der Waals surface area contributed by atoms with Crippen molar-refractivity contribution < 1.29 is 19.1 Å². The van der Waals surface area contributed by atoms with Gasteiger partial charge in [-0.1, -0.05) is 67.1 Å². The highest BCUT2D eigenvalue weighted by atomic mass is 35.5. The van der Waals surface area contributed by atoms with Gasteiger partial charge in [-0.3, -0.25) is 9.59 Å². The first-order valence-electron chi connectivity index (χ1n) is 13.2. The van der Waals surface area contributed by atoms with Gasteiger partial charge in [0.05, 0.1) is 0 Å². The Morgan fingerprint density at radius 3 is 2.32 bits per heavy atom. The number of hydrogen-bond acceptors (Lipinski definition) is 4. The second-order valence-corrected chi connectivity index (χ2v) is 10.1. The first-order valence-corrected chi connectivity index (χ1v) is 13.6. The van der Waals surface area contributed by atoms with Crippen LogP contribution in [0.25, 0.3) is 0 Å². The topological polar surface area (TPSA) is 67.9 Å². The number of halogens is 1. The number of nitrogens with zero attached hydrogens (tertiary/aromatic N) is 1. The minimum atomic E-state index is -0.658. The summed E-state index contributed by atoms with van der Waals surface area (Å²) in [5, 5.41) is 3.73. The summed E-state index contributed by atoms with van der Waals surface area (Å²) in [6.07, 6.45) is 2.01. The molecule has 0 bridgehead atoms. The van der Waals surface area contributed by atoms with E-state index in [-0.39, 0.29) is 24.3 Å². The second-order valence-electron chi connectivity index (χ2n) is 9.65. The number of fused-ring (bicyclic) bond motifs is 1. The second kappa shape index (κ2) is 13.3. The third-order valence-corrected chi connectivity index (χ3v) is 7.02. The molecule has 6 nitrogen and oxygen atoms in total. The zero-order chi connectivity index (χ0) is 26.9. The van der Waals surface area contributed by atoms with Crippen LogP contribution in [0.3, 0.4) is 0 Å². The van der Waals surface area contributed by atoms with E-state index in [2.05, 4.69) is 5.32 Å². The van der Waals surface area contributed by atoms with Crippen LogP contribution in [0.1, 0.15) is 43.4 Å². The number of rotatable bonds is 11. The molecule has 1 aliphatic heterocycles. The van der Waals surface area contributed by atoms with Gasteiger partial charge in [0.1, 0.15) is 19.3 Å². The molecular weight excluding hydrogens is 500 g/mol.